The molecule has 0 bridgehead atoms. The van der Waals surface area contributed by atoms with Crippen LogP contribution in [0, 0.1) is 11.7 Å². The molecule has 1 spiro atoms. The fraction of sp³-hybridized carbons (Fsp3) is 0.523. The molecule has 330 valence electrons. The summed E-state index contributed by atoms with van der Waals surface area (Å²) in [5.74, 6) is -1.74. The van der Waals surface area contributed by atoms with Gasteiger partial charge in [-0.15, -0.1) is 0 Å². The zero-order chi connectivity index (χ0) is 43.4. The molecular formula is C44H50F7N5O5. The van der Waals surface area contributed by atoms with E-state index < -0.39 is 53.1 Å². The molecule has 3 aliphatic heterocycles. The third kappa shape index (κ3) is 10.2. The second-order valence-electron chi connectivity index (χ2n) is 16.5. The number of carbonyl (C=O) groups is 3. The first-order valence-corrected chi connectivity index (χ1v) is 20.7. The van der Waals surface area contributed by atoms with E-state index in [0.29, 0.717) is 76.1 Å². The number of ether oxygens (including phenoxy) is 2. The fourth-order valence-corrected chi connectivity index (χ4v) is 9.28. The maximum atomic E-state index is 14.1. The summed E-state index contributed by atoms with van der Waals surface area (Å²) >= 11 is 0. The molecule has 3 saturated heterocycles. The fourth-order valence-electron chi connectivity index (χ4n) is 9.28. The minimum absolute atomic E-state index is 0.0223. The Hall–Kier alpha value is -4.58. The summed E-state index contributed by atoms with van der Waals surface area (Å²) in [6.45, 7) is 3.55. The number of alkyl halides is 6. The molecule has 17 heteroatoms. The number of fused-ring (bicyclic) bond motifs is 2. The number of hydrogen-bond acceptors (Lipinski definition) is 7. The average Bonchev–Trinajstić information content (AvgIpc) is 3.82. The lowest BCUT2D eigenvalue weighted by Gasteiger charge is -2.44. The molecule has 0 saturated carbocycles. The highest BCUT2D eigenvalue weighted by Crippen LogP contribution is 2.48. The third-order valence-corrected chi connectivity index (χ3v) is 12.7. The average molecular weight is 862 g/mol. The zero-order valence-electron chi connectivity index (χ0n) is 33.6. The Kier molecular flexibility index (Phi) is 13.4. The second-order valence-corrected chi connectivity index (χ2v) is 16.5. The smallest absolute Gasteiger partial charge is 0.367 e. The van der Waals surface area contributed by atoms with Gasteiger partial charge in [0.2, 0.25) is 11.8 Å². The monoisotopic (exact) mass is 861 g/mol. The van der Waals surface area contributed by atoms with Crippen molar-refractivity contribution in [3.63, 3.8) is 0 Å². The van der Waals surface area contributed by atoms with Gasteiger partial charge < -0.3 is 35.2 Å². The number of amides is 3. The van der Waals surface area contributed by atoms with E-state index in [9.17, 15) is 45.1 Å². The summed E-state index contributed by atoms with van der Waals surface area (Å²) in [5, 5.41) is 9.11. The molecular weight excluding hydrogens is 811 g/mol. The van der Waals surface area contributed by atoms with Crippen LogP contribution in [0.5, 0.6) is 0 Å². The van der Waals surface area contributed by atoms with E-state index in [-0.39, 0.29) is 54.9 Å². The zero-order valence-corrected chi connectivity index (χ0v) is 33.6. The maximum absolute atomic E-state index is 14.1. The minimum Gasteiger partial charge on any atom is -0.367 e. The summed E-state index contributed by atoms with van der Waals surface area (Å²) in [6.07, 6.45) is -5.93. The molecule has 61 heavy (non-hydrogen) atoms. The summed E-state index contributed by atoms with van der Waals surface area (Å²) in [7, 11) is 0. The first-order valence-electron chi connectivity index (χ1n) is 20.7. The van der Waals surface area contributed by atoms with Crippen LogP contribution < -0.4 is 16.0 Å². The van der Waals surface area contributed by atoms with Crippen molar-refractivity contribution in [2.24, 2.45) is 5.92 Å². The molecule has 2 atom stereocenters. The van der Waals surface area contributed by atoms with Crippen molar-refractivity contribution in [1.29, 1.82) is 0 Å². The quantitative estimate of drug-likeness (QED) is 0.139. The number of nitrogens with zero attached hydrogens (tertiary/aromatic N) is 2. The van der Waals surface area contributed by atoms with Gasteiger partial charge in [-0.1, -0.05) is 36.4 Å². The maximum Gasteiger partial charge on any atom is 0.416 e. The van der Waals surface area contributed by atoms with Crippen molar-refractivity contribution in [3.8, 4) is 0 Å². The summed E-state index contributed by atoms with van der Waals surface area (Å²) < 4.78 is 108. The molecule has 0 aromatic heterocycles. The van der Waals surface area contributed by atoms with Crippen molar-refractivity contribution in [2.75, 3.05) is 65.7 Å². The summed E-state index contributed by atoms with van der Waals surface area (Å²) in [6, 6.07) is 14.4. The first-order chi connectivity index (χ1) is 29.1. The lowest BCUT2D eigenvalue weighted by molar-refractivity contribution is -0.143. The Morgan fingerprint density at radius 1 is 0.869 bits per heavy atom. The van der Waals surface area contributed by atoms with Gasteiger partial charge in [0.05, 0.1) is 23.8 Å². The van der Waals surface area contributed by atoms with E-state index in [4.69, 9.17) is 9.47 Å². The lowest BCUT2D eigenvalue weighted by Crippen LogP contribution is -2.49. The van der Waals surface area contributed by atoms with E-state index in [1.807, 2.05) is 12.1 Å². The molecule has 3 heterocycles. The highest BCUT2D eigenvalue weighted by Gasteiger charge is 2.50. The highest BCUT2D eigenvalue weighted by atomic mass is 19.4. The number of rotatable bonds is 13. The number of piperidine rings is 2. The number of benzene rings is 3. The van der Waals surface area contributed by atoms with E-state index in [2.05, 4.69) is 33.0 Å². The molecule has 4 aliphatic rings. The predicted molar refractivity (Wildman–Crippen MR) is 210 cm³/mol. The molecule has 3 aromatic carbocycles. The van der Waals surface area contributed by atoms with Crippen molar-refractivity contribution < 1.29 is 54.6 Å². The minimum atomic E-state index is -5.13. The van der Waals surface area contributed by atoms with Gasteiger partial charge in [-0.25, -0.2) is 4.39 Å². The van der Waals surface area contributed by atoms with Gasteiger partial charge in [-0.2, -0.15) is 26.3 Å². The Bertz CT molecular complexity index is 2000. The Labute approximate surface area is 349 Å². The van der Waals surface area contributed by atoms with Crippen LogP contribution in [-0.4, -0.2) is 99.3 Å². The Balaban J connectivity index is 0.970. The van der Waals surface area contributed by atoms with Crippen LogP contribution in [0.15, 0.2) is 66.7 Å². The van der Waals surface area contributed by atoms with Crippen LogP contribution >= 0.6 is 0 Å². The SMILES string of the molecule is O=C(CO[C@H]1Cc2ccccc2C12CCN(CC[C@@]1(c3ccc(F)cc3)CN(C(=O)c3cc(C(F)(F)F)cc(C(F)(F)F)c3)CO1)CC2)NCCCNC(=O)C1CCNCC1. The van der Waals surface area contributed by atoms with E-state index in [1.165, 1.54) is 29.8 Å². The van der Waals surface area contributed by atoms with Crippen molar-refractivity contribution in [2.45, 2.75) is 74.4 Å². The molecule has 3 amide bonds. The Morgan fingerprint density at radius 2 is 1.52 bits per heavy atom. The summed E-state index contributed by atoms with van der Waals surface area (Å²) in [4.78, 5) is 42.2. The van der Waals surface area contributed by atoms with Crippen LogP contribution in [-0.2, 0) is 48.9 Å². The standard InChI is InChI=1S/C44H50F7N5O5/c45-35-8-6-32(7-9-35)42(27-56(28-61-42)40(59)31-22-33(43(46,47)48)25-34(23-31)44(49,50)51)14-21-55-19-12-41(13-20-55)36-5-2-1-4-30(36)24-37(41)60-26-38(57)53-15-3-16-54-39(58)29-10-17-52-18-11-29/h1-2,4-9,22-23,25,29,37,52H,3,10-21,24,26-28H2,(H,53,57)(H,54,58)/t37-,42-/m0/s1. The molecule has 3 fully saturated rings. The van der Waals surface area contributed by atoms with Gasteiger partial charge in [-0.3, -0.25) is 14.4 Å². The van der Waals surface area contributed by atoms with Crippen molar-refractivity contribution >= 4 is 17.7 Å². The van der Waals surface area contributed by atoms with Gasteiger partial charge in [0.1, 0.15) is 24.8 Å². The number of likely N-dealkylation sites (tertiary alicyclic amines) is 1. The molecule has 3 N–H and O–H groups in total. The van der Waals surface area contributed by atoms with Crippen LogP contribution in [0.3, 0.4) is 0 Å². The van der Waals surface area contributed by atoms with Crippen LogP contribution in [0.25, 0.3) is 0 Å². The van der Waals surface area contributed by atoms with Crippen LogP contribution in [0.2, 0.25) is 0 Å². The van der Waals surface area contributed by atoms with Crippen LogP contribution in [0.1, 0.15) is 76.7 Å². The number of halogens is 7. The van der Waals surface area contributed by atoms with E-state index >= 15 is 0 Å². The molecule has 0 radical (unpaired) electrons. The number of nitrogens with one attached hydrogen (secondary N) is 3. The van der Waals surface area contributed by atoms with Gasteiger partial charge in [0.15, 0.2) is 0 Å². The molecule has 7 rings (SSSR count). The van der Waals surface area contributed by atoms with Gasteiger partial charge in [0.25, 0.3) is 5.91 Å². The molecule has 1 aliphatic carbocycles. The first kappa shape index (κ1) is 44.5. The second kappa shape index (κ2) is 18.4. The van der Waals surface area contributed by atoms with Crippen molar-refractivity contribution in [3.05, 3.63) is 106 Å². The normalized spacial score (nSPS) is 22.0. The largest absolute Gasteiger partial charge is 0.416 e. The van der Waals surface area contributed by atoms with E-state index in [1.54, 1.807) is 0 Å². The Morgan fingerprint density at radius 3 is 2.20 bits per heavy atom. The van der Waals surface area contributed by atoms with Gasteiger partial charge >= 0.3 is 12.4 Å². The number of carbonyl (C=O) groups excluding carboxylic acids is 3. The third-order valence-electron chi connectivity index (χ3n) is 12.7. The highest BCUT2D eigenvalue weighted by molar-refractivity contribution is 5.95. The van der Waals surface area contributed by atoms with Gasteiger partial charge in [-0.05, 0) is 118 Å². The van der Waals surface area contributed by atoms with Crippen molar-refractivity contribution in [1.82, 2.24) is 25.8 Å². The lowest BCUT2D eigenvalue weighted by atomic mass is 9.72. The molecule has 3 aromatic rings. The van der Waals surface area contributed by atoms with E-state index in [0.717, 1.165) is 36.4 Å². The number of hydrogen-bond donors (Lipinski definition) is 3. The van der Waals surface area contributed by atoms with Crippen LogP contribution in [0.4, 0.5) is 30.7 Å². The predicted octanol–water partition coefficient (Wildman–Crippen LogP) is 6.18. The summed E-state index contributed by atoms with van der Waals surface area (Å²) in [5.41, 5.74) is -2.70. The topological polar surface area (TPSA) is 112 Å². The molecule has 10 nitrogen and oxygen atoms in total. The van der Waals surface area contributed by atoms with Gasteiger partial charge in [0, 0.05) is 36.5 Å². The molecule has 0 unspecified atom stereocenters.